The predicted octanol–water partition coefficient (Wildman–Crippen LogP) is 3.40. The van der Waals surface area contributed by atoms with E-state index in [1.165, 1.54) is 11.0 Å². The monoisotopic (exact) mass is 570 g/mol. The molecule has 6 atom stereocenters. The van der Waals surface area contributed by atoms with Crippen LogP contribution in [-0.2, 0) is 19.1 Å². The van der Waals surface area contributed by atoms with E-state index in [9.17, 15) is 19.5 Å². The van der Waals surface area contributed by atoms with Crippen LogP contribution in [0.15, 0.2) is 25.3 Å². The highest BCUT2D eigenvalue weighted by atomic mass is 79.9. The summed E-state index contributed by atoms with van der Waals surface area (Å²) in [4.78, 5) is 44.6. The van der Waals surface area contributed by atoms with Gasteiger partial charge in [-0.05, 0) is 32.1 Å². The fraction of sp³-hybridized carbons (Fsp3) is 0.731. The van der Waals surface area contributed by atoms with Crippen molar-refractivity contribution in [3.8, 4) is 0 Å². The normalized spacial score (nSPS) is 31.9. The third-order valence-corrected chi connectivity index (χ3v) is 10.5. The highest BCUT2D eigenvalue weighted by Gasteiger charge is 2.76. The molecule has 9 heteroatoms. The van der Waals surface area contributed by atoms with E-state index in [1.807, 2.05) is 18.7 Å². The van der Waals surface area contributed by atoms with E-state index in [0.29, 0.717) is 13.0 Å². The van der Waals surface area contributed by atoms with E-state index in [-0.39, 0.29) is 47.1 Å². The number of carbonyl (C=O) groups excluding carboxylic acids is 3. The van der Waals surface area contributed by atoms with Crippen molar-refractivity contribution < 1.29 is 24.2 Å². The molecule has 35 heavy (non-hydrogen) atoms. The first kappa shape index (κ1) is 28.3. The molecular formula is C26H39BrN2O5S. The average Bonchev–Trinajstić information content (AvgIpc) is 3.32. The fourth-order valence-corrected chi connectivity index (χ4v) is 10.2. The second kappa shape index (κ2) is 10.2. The molecule has 3 unspecified atom stereocenters. The highest BCUT2D eigenvalue weighted by Crippen LogP contribution is 2.68. The van der Waals surface area contributed by atoms with Gasteiger partial charge in [-0.2, -0.15) is 0 Å². The molecule has 2 amide bonds. The molecule has 3 heterocycles. The lowest BCUT2D eigenvalue weighted by atomic mass is 9.70. The lowest BCUT2D eigenvalue weighted by Crippen LogP contribution is -2.60. The number of amides is 2. The Hall–Kier alpha value is -1.32. The summed E-state index contributed by atoms with van der Waals surface area (Å²) in [6.07, 6.45) is 4.56. The Morgan fingerprint density at radius 1 is 1.29 bits per heavy atom. The maximum Gasteiger partial charge on any atom is 0.311 e. The van der Waals surface area contributed by atoms with Crippen molar-refractivity contribution >= 4 is 45.5 Å². The summed E-state index contributed by atoms with van der Waals surface area (Å²) in [7, 11) is 0. The summed E-state index contributed by atoms with van der Waals surface area (Å²) in [5, 5.41) is 9.65. The van der Waals surface area contributed by atoms with E-state index in [0.717, 1.165) is 6.42 Å². The summed E-state index contributed by atoms with van der Waals surface area (Å²) in [5.74, 6) is -2.16. The summed E-state index contributed by atoms with van der Waals surface area (Å²) >= 11 is 5.30. The second-order valence-corrected chi connectivity index (χ2v) is 14.3. The molecule has 0 radical (unpaired) electrons. The molecule has 3 rings (SSSR count). The topological polar surface area (TPSA) is 87.2 Å². The van der Waals surface area contributed by atoms with E-state index in [1.54, 1.807) is 17.8 Å². The first-order valence-electron chi connectivity index (χ1n) is 12.2. The van der Waals surface area contributed by atoms with E-state index in [2.05, 4.69) is 49.9 Å². The number of likely N-dealkylation sites (tertiary alicyclic amines) is 1. The molecule has 0 aromatic rings. The molecule has 3 fully saturated rings. The number of hydrogen-bond acceptors (Lipinski definition) is 6. The van der Waals surface area contributed by atoms with Crippen LogP contribution in [-0.4, -0.2) is 85.4 Å². The van der Waals surface area contributed by atoms with Crippen LogP contribution in [0.1, 0.15) is 47.5 Å². The van der Waals surface area contributed by atoms with Gasteiger partial charge in [0.2, 0.25) is 11.8 Å². The number of ether oxygens (including phenoxy) is 1. The minimum absolute atomic E-state index is 0.0260. The largest absolute Gasteiger partial charge is 0.461 e. The number of thioether (sulfide) groups is 1. The predicted molar refractivity (Wildman–Crippen MR) is 142 cm³/mol. The minimum Gasteiger partial charge on any atom is -0.461 e. The average molecular weight is 572 g/mol. The molecule has 7 nitrogen and oxygen atoms in total. The minimum atomic E-state index is -0.779. The van der Waals surface area contributed by atoms with Crippen molar-refractivity contribution in [2.75, 3.05) is 26.3 Å². The van der Waals surface area contributed by atoms with Crippen molar-refractivity contribution in [3.05, 3.63) is 25.3 Å². The zero-order valence-electron chi connectivity index (χ0n) is 21.5. The van der Waals surface area contributed by atoms with Gasteiger partial charge in [0.25, 0.3) is 0 Å². The molecule has 0 aromatic heterocycles. The molecular weight excluding hydrogens is 532 g/mol. The SMILES string of the molecule is C=CCOC(=O)[C@H]1[C@@H]2SC3(CC2Br)C(C(=O)N(CC=C)C(C)(C)CC(C)(C)C)N(CCO)C(=O)[C@H]13. The van der Waals surface area contributed by atoms with Crippen LogP contribution in [0.2, 0.25) is 0 Å². The summed E-state index contributed by atoms with van der Waals surface area (Å²) in [6, 6.07) is -0.779. The quantitative estimate of drug-likeness (QED) is 0.246. The lowest BCUT2D eigenvalue weighted by molar-refractivity contribution is -0.153. The van der Waals surface area contributed by atoms with Gasteiger partial charge in [-0.1, -0.05) is 55.4 Å². The van der Waals surface area contributed by atoms with Crippen molar-refractivity contribution in [1.82, 2.24) is 9.80 Å². The zero-order valence-corrected chi connectivity index (χ0v) is 23.9. The molecule has 0 aromatic carbocycles. The van der Waals surface area contributed by atoms with Crippen LogP contribution in [0.4, 0.5) is 0 Å². The Morgan fingerprint density at radius 3 is 2.49 bits per heavy atom. The number of carbonyl (C=O) groups is 3. The van der Waals surface area contributed by atoms with Crippen LogP contribution < -0.4 is 0 Å². The van der Waals surface area contributed by atoms with E-state index >= 15 is 0 Å². The van der Waals surface area contributed by atoms with Crippen LogP contribution in [0.3, 0.4) is 0 Å². The van der Waals surface area contributed by atoms with Gasteiger partial charge in [-0.25, -0.2) is 0 Å². The number of β-amino-alcohol motifs (C(OH)–C–C–N with tert-alkyl or cyclic N) is 1. The Morgan fingerprint density at radius 2 is 1.94 bits per heavy atom. The Balaban J connectivity index is 2.07. The van der Waals surface area contributed by atoms with Crippen molar-refractivity contribution in [2.45, 2.75) is 73.9 Å². The number of rotatable bonds is 10. The number of aliphatic hydroxyl groups is 1. The summed E-state index contributed by atoms with van der Waals surface area (Å²) < 4.78 is 4.63. The maximum atomic E-state index is 14.4. The van der Waals surface area contributed by atoms with Crippen LogP contribution in [0, 0.1) is 17.3 Å². The smallest absolute Gasteiger partial charge is 0.311 e. The van der Waals surface area contributed by atoms with Gasteiger partial charge in [-0.3, -0.25) is 14.4 Å². The van der Waals surface area contributed by atoms with Gasteiger partial charge >= 0.3 is 5.97 Å². The van der Waals surface area contributed by atoms with Crippen molar-refractivity contribution in [1.29, 1.82) is 0 Å². The number of nitrogens with zero attached hydrogens (tertiary/aromatic N) is 2. The number of fused-ring (bicyclic) bond motifs is 1. The Bertz CT molecular complexity index is 887. The first-order valence-corrected chi connectivity index (χ1v) is 14.0. The molecule has 0 aliphatic carbocycles. The molecule has 3 saturated heterocycles. The third kappa shape index (κ3) is 4.97. The van der Waals surface area contributed by atoms with E-state index in [4.69, 9.17) is 4.74 Å². The fourth-order valence-electron chi connectivity index (χ4n) is 6.57. The molecule has 1 spiro atoms. The highest BCUT2D eigenvalue weighted by molar-refractivity contribution is 9.09. The van der Waals surface area contributed by atoms with Gasteiger partial charge < -0.3 is 19.6 Å². The van der Waals surface area contributed by atoms with Crippen LogP contribution in [0.5, 0.6) is 0 Å². The second-order valence-electron chi connectivity index (χ2n) is 11.6. The number of alkyl halides is 1. The molecule has 2 bridgehead atoms. The van der Waals surface area contributed by atoms with E-state index < -0.39 is 34.1 Å². The molecule has 3 aliphatic rings. The summed E-state index contributed by atoms with van der Waals surface area (Å²) in [6.45, 7) is 18.2. The summed E-state index contributed by atoms with van der Waals surface area (Å²) in [5.41, 5.74) is -0.522. The number of halogens is 1. The van der Waals surface area contributed by atoms with Gasteiger partial charge in [0.05, 0.1) is 23.2 Å². The van der Waals surface area contributed by atoms with Crippen LogP contribution >= 0.6 is 27.7 Å². The lowest BCUT2D eigenvalue weighted by Gasteiger charge is -2.46. The van der Waals surface area contributed by atoms with Crippen LogP contribution in [0.25, 0.3) is 0 Å². The standard InChI is InChI=1S/C26H39BrN2O5S/c1-8-10-29(25(6,7)15-24(3,4)5)22(32)20-26-14-16(27)19(35-26)17(23(33)34-13-9-2)18(26)21(31)28(20)11-12-30/h8-9,16-20,30H,1-2,10-15H2,3-7H3/t16?,17-,18+,19-,20?,26?/m1/s1. The molecule has 1 N–H and O–H groups in total. The van der Waals surface area contributed by atoms with Gasteiger partial charge in [0.1, 0.15) is 12.6 Å². The molecule has 0 saturated carbocycles. The van der Waals surface area contributed by atoms with Crippen molar-refractivity contribution in [2.24, 2.45) is 17.3 Å². The third-order valence-electron chi connectivity index (χ3n) is 7.25. The Kier molecular flexibility index (Phi) is 8.24. The Labute approximate surface area is 221 Å². The zero-order chi connectivity index (χ0) is 26.3. The molecule has 3 aliphatic heterocycles. The first-order chi connectivity index (χ1) is 16.3. The number of hydrogen-bond donors (Lipinski definition) is 1. The number of esters is 1. The van der Waals surface area contributed by atoms with Gasteiger partial charge in [0, 0.05) is 28.7 Å². The van der Waals surface area contributed by atoms with Gasteiger partial charge in [0.15, 0.2) is 0 Å². The molecule has 196 valence electrons. The van der Waals surface area contributed by atoms with Crippen molar-refractivity contribution in [3.63, 3.8) is 0 Å². The number of aliphatic hydroxyl groups excluding tert-OH is 1. The van der Waals surface area contributed by atoms with Gasteiger partial charge in [-0.15, -0.1) is 18.3 Å². The maximum absolute atomic E-state index is 14.4.